The zero-order chi connectivity index (χ0) is 21.3. The minimum atomic E-state index is -1.10. The number of hydrogen-bond donors (Lipinski definition) is 2. The van der Waals surface area contributed by atoms with Crippen LogP contribution in [0.4, 0.5) is 4.79 Å². The van der Waals surface area contributed by atoms with Crippen LogP contribution in [0.1, 0.15) is 31.9 Å². The summed E-state index contributed by atoms with van der Waals surface area (Å²) < 4.78 is 5.35. The molecule has 0 heterocycles. The molecule has 29 heavy (non-hydrogen) atoms. The van der Waals surface area contributed by atoms with Crippen molar-refractivity contribution in [1.82, 2.24) is 5.32 Å². The van der Waals surface area contributed by atoms with E-state index in [-0.39, 0.29) is 0 Å². The lowest BCUT2D eigenvalue weighted by Crippen LogP contribution is -2.50. The number of nitrogens with zero attached hydrogens (tertiary/aromatic N) is 3. The lowest BCUT2D eigenvalue weighted by atomic mass is 9.93. The first kappa shape index (κ1) is 22.3. The van der Waals surface area contributed by atoms with Gasteiger partial charge in [0.15, 0.2) is 0 Å². The highest BCUT2D eigenvalue weighted by Gasteiger charge is 2.30. The third-order valence-corrected chi connectivity index (χ3v) is 4.29. The molecule has 0 spiro atoms. The van der Waals surface area contributed by atoms with Crippen molar-refractivity contribution in [3.63, 3.8) is 0 Å². The molecule has 0 aromatic heterocycles. The number of nitrogens with one attached hydrogen (secondary N) is 1. The molecule has 0 aliphatic rings. The molecule has 2 aromatic rings. The van der Waals surface area contributed by atoms with Gasteiger partial charge in [0.25, 0.3) is 0 Å². The van der Waals surface area contributed by atoms with Gasteiger partial charge in [-0.05, 0) is 50.3 Å². The van der Waals surface area contributed by atoms with E-state index in [0.717, 1.165) is 11.1 Å². The van der Waals surface area contributed by atoms with Gasteiger partial charge in [0, 0.05) is 4.91 Å². The van der Waals surface area contributed by atoms with Crippen LogP contribution in [0.2, 0.25) is 0 Å². The molecule has 0 aliphatic heterocycles. The largest absolute Gasteiger partial charge is 0.444 e. The van der Waals surface area contributed by atoms with Crippen LogP contribution in [0.15, 0.2) is 65.8 Å². The molecule has 0 saturated carbocycles. The van der Waals surface area contributed by atoms with E-state index in [1.54, 1.807) is 20.8 Å². The Labute approximate surface area is 171 Å². The Morgan fingerprint density at radius 3 is 2.07 bits per heavy atom. The van der Waals surface area contributed by atoms with Gasteiger partial charge in [-0.25, -0.2) is 4.79 Å². The monoisotopic (exact) mass is 396 g/mol. The van der Waals surface area contributed by atoms with E-state index in [1.165, 1.54) is 0 Å². The molecule has 2 N–H and O–H groups in total. The lowest BCUT2D eigenvalue weighted by Gasteiger charge is -2.29. The van der Waals surface area contributed by atoms with Crippen molar-refractivity contribution in [2.24, 2.45) is 5.11 Å². The summed E-state index contributed by atoms with van der Waals surface area (Å²) in [6, 6.07) is 17.5. The van der Waals surface area contributed by atoms with Crippen LogP contribution in [-0.4, -0.2) is 35.0 Å². The first-order chi connectivity index (χ1) is 13.8. The minimum absolute atomic E-state index is 0.355. The van der Waals surface area contributed by atoms with Crippen molar-refractivity contribution < 1.29 is 14.6 Å². The standard InChI is InChI=1S/C22H28N4O3/c1-22(2,3)29-21(28)24-18(14-16-10-6-4-7-11-16)20(27)19(25-26-23)15-17-12-8-5-9-13-17/h4-13,18-20,27H,14-15H2,1-3H3,(H,24,28). The SMILES string of the molecule is CC(C)(C)OC(=O)NC(Cc1ccccc1)C(O)C(Cc1ccccc1)N=[N+]=[N-]. The molecule has 0 bridgehead atoms. The Hall–Kier alpha value is -3.02. The Morgan fingerprint density at radius 2 is 1.59 bits per heavy atom. The molecule has 0 radical (unpaired) electrons. The van der Waals surface area contributed by atoms with E-state index < -0.39 is 29.9 Å². The van der Waals surface area contributed by atoms with E-state index in [1.807, 2.05) is 60.7 Å². The fourth-order valence-corrected chi connectivity index (χ4v) is 3.00. The number of alkyl carbamates (subject to hydrolysis) is 1. The predicted octanol–water partition coefficient (Wildman–Crippen LogP) is 4.40. The molecule has 0 saturated heterocycles. The van der Waals surface area contributed by atoms with E-state index in [4.69, 9.17) is 10.3 Å². The summed E-state index contributed by atoms with van der Waals surface area (Å²) in [6.45, 7) is 5.31. The smallest absolute Gasteiger partial charge is 0.407 e. The number of benzene rings is 2. The van der Waals surface area contributed by atoms with Crippen LogP contribution in [0.25, 0.3) is 10.4 Å². The number of azide groups is 1. The van der Waals surface area contributed by atoms with Crippen molar-refractivity contribution in [2.75, 3.05) is 0 Å². The second kappa shape index (κ2) is 10.5. The fourth-order valence-electron chi connectivity index (χ4n) is 3.00. The quantitative estimate of drug-likeness (QED) is 0.392. The third-order valence-electron chi connectivity index (χ3n) is 4.29. The van der Waals surface area contributed by atoms with E-state index >= 15 is 0 Å². The summed E-state index contributed by atoms with van der Waals surface area (Å²) in [6.07, 6.45) is -1.00. The van der Waals surface area contributed by atoms with Crippen LogP contribution < -0.4 is 5.32 Å². The van der Waals surface area contributed by atoms with Crippen molar-refractivity contribution in [2.45, 2.75) is 57.4 Å². The number of hydrogen-bond acceptors (Lipinski definition) is 4. The van der Waals surface area contributed by atoms with Crippen LogP contribution in [0.5, 0.6) is 0 Å². The number of amides is 1. The van der Waals surface area contributed by atoms with E-state index in [2.05, 4.69) is 15.3 Å². The average molecular weight is 396 g/mol. The average Bonchev–Trinajstić information content (AvgIpc) is 2.67. The van der Waals surface area contributed by atoms with Crippen molar-refractivity contribution >= 4 is 6.09 Å². The molecule has 3 unspecified atom stereocenters. The molecule has 154 valence electrons. The van der Waals surface area contributed by atoms with Crippen LogP contribution in [-0.2, 0) is 17.6 Å². The predicted molar refractivity (Wildman–Crippen MR) is 112 cm³/mol. The van der Waals surface area contributed by atoms with Crippen LogP contribution >= 0.6 is 0 Å². The molecule has 0 fully saturated rings. The number of aliphatic hydroxyl groups excluding tert-OH is 1. The Kier molecular flexibility index (Phi) is 8.07. The van der Waals surface area contributed by atoms with Gasteiger partial charge in [-0.1, -0.05) is 65.8 Å². The molecule has 2 aromatic carbocycles. The lowest BCUT2D eigenvalue weighted by molar-refractivity contribution is 0.0392. The Morgan fingerprint density at radius 1 is 1.07 bits per heavy atom. The maximum absolute atomic E-state index is 12.4. The van der Waals surface area contributed by atoms with Crippen molar-refractivity contribution in [3.05, 3.63) is 82.2 Å². The van der Waals surface area contributed by atoms with E-state index in [0.29, 0.717) is 12.8 Å². The van der Waals surface area contributed by atoms with E-state index in [9.17, 15) is 9.90 Å². The molecule has 1 amide bonds. The van der Waals surface area contributed by atoms with Gasteiger partial charge in [-0.15, -0.1) is 0 Å². The Bertz CT molecular complexity index is 815. The summed E-state index contributed by atoms with van der Waals surface area (Å²) in [5.41, 5.74) is 10.2. The number of carbonyl (C=O) groups excluding carboxylic acids is 1. The number of carbonyl (C=O) groups is 1. The van der Waals surface area contributed by atoms with Gasteiger partial charge >= 0.3 is 6.09 Å². The first-order valence-corrected chi connectivity index (χ1v) is 9.58. The summed E-state index contributed by atoms with van der Waals surface area (Å²) in [5, 5.41) is 17.6. The van der Waals surface area contributed by atoms with Gasteiger partial charge in [-0.2, -0.15) is 0 Å². The second-order valence-corrected chi connectivity index (χ2v) is 7.90. The number of rotatable bonds is 8. The molecule has 7 heteroatoms. The normalized spacial score (nSPS) is 14.2. The highest BCUT2D eigenvalue weighted by molar-refractivity contribution is 5.68. The maximum atomic E-state index is 12.4. The van der Waals surface area contributed by atoms with Crippen molar-refractivity contribution in [1.29, 1.82) is 0 Å². The number of ether oxygens (including phenoxy) is 1. The second-order valence-electron chi connectivity index (χ2n) is 7.90. The Balaban J connectivity index is 2.23. The van der Waals surface area contributed by atoms with Gasteiger partial charge < -0.3 is 15.2 Å². The summed E-state index contributed by atoms with van der Waals surface area (Å²) in [4.78, 5) is 15.3. The summed E-state index contributed by atoms with van der Waals surface area (Å²) >= 11 is 0. The molecule has 3 atom stereocenters. The molecular formula is C22H28N4O3. The fraction of sp³-hybridized carbons (Fsp3) is 0.409. The molecule has 7 nitrogen and oxygen atoms in total. The highest BCUT2D eigenvalue weighted by Crippen LogP contribution is 2.17. The van der Waals surface area contributed by atoms with Gasteiger partial charge in [-0.3, -0.25) is 0 Å². The van der Waals surface area contributed by atoms with Crippen LogP contribution in [0.3, 0.4) is 0 Å². The molecule has 0 aliphatic carbocycles. The highest BCUT2D eigenvalue weighted by atomic mass is 16.6. The molecular weight excluding hydrogens is 368 g/mol. The van der Waals surface area contributed by atoms with Crippen molar-refractivity contribution in [3.8, 4) is 0 Å². The van der Waals surface area contributed by atoms with Crippen LogP contribution in [0, 0.1) is 0 Å². The zero-order valence-electron chi connectivity index (χ0n) is 17.0. The first-order valence-electron chi connectivity index (χ1n) is 9.58. The zero-order valence-corrected chi connectivity index (χ0v) is 17.0. The summed E-state index contributed by atoms with van der Waals surface area (Å²) in [5.74, 6) is 0. The summed E-state index contributed by atoms with van der Waals surface area (Å²) in [7, 11) is 0. The van der Waals surface area contributed by atoms with Gasteiger partial charge in [0.1, 0.15) is 5.60 Å². The van der Waals surface area contributed by atoms with Gasteiger partial charge in [0.05, 0.1) is 18.2 Å². The number of aliphatic hydroxyl groups is 1. The third kappa shape index (κ3) is 7.86. The molecule has 2 rings (SSSR count). The topological polar surface area (TPSA) is 107 Å². The maximum Gasteiger partial charge on any atom is 0.407 e. The van der Waals surface area contributed by atoms with Gasteiger partial charge in [0.2, 0.25) is 0 Å². The minimum Gasteiger partial charge on any atom is -0.444 e.